The van der Waals surface area contributed by atoms with Crippen molar-refractivity contribution in [1.29, 1.82) is 0 Å². The van der Waals surface area contributed by atoms with Gasteiger partial charge >= 0.3 is 0 Å². The molecule has 2 atom stereocenters. The van der Waals surface area contributed by atoms with Crippen LogP contribution in [0.5, 0.6) is 0 Å². The van der Waals surface area contributed by atoms with E-state index in [1.54, 1.807) is 7.05 Å². The lowest BCUT2D eigenvalue weighted by molar-refractivity contribution is 0.239. The Morgan fingerprint density at radius 1 is 0.875 bits per heavy atom. The van der Waals surface area contributed by atoms with Gasteiger partial charge in [0, 0.05) is 18.0 Å². The average molecular weight is 327 g/mol. The summed E-state index contributed by atoms with van der Waals surface area (Å²) in [5.41, 5.74) is 1.39. The molecular formula is C20H19F2NO. The average Bonchev–Trinajstić information content (AvgIpc) is 2.58. The summed E-state index contributed by atoms with van der Waals surface area (Å²) in [5.74, 6) is -1.57. The third-order valence-electron chi connectivity index (χ3n) is 4.36. The summed E-state index contributed by atoms with van der Waals surface area (Å²) in [5, 5.41) is 15.2. The van der Waals surface area contributed by atoms with Crippen LogP contribution < -0.4 is 5.32 Å². The van der Waals surface area contributed by atoms with E-state index in [4.69, 9.17) is 0 Å². The van der Waals surface area contributed by atoms with Crippen LogP contribution in [0.3, 0.4) is 0 Å². The van der Waals surface area contributed by atoms with Crippen molar-refractivity contribution in [1.82, 2.24) is 5.32 Å². The number of aliphatic hydroxyl groups excluding tert-OH is 1. The van der Waals surface area contributed by atoms with E-state index >= 15 is 0 Å². The Morgan fingerprint density at radius 2 is 1.54 bits per heavy atom. The van der Waals surface area contributed by atoms with Gasteiger partial charge in [0.2, 0.25) is 0 Å². The summed E-state index contributed by atoms with van der Waals surface area (Å²) in [6, 6.07) is 16.9. The zero-order valence-electron chi connectivity index (χ0n) is 13.3. The molecule has 2 nitrogen and oxygen atoms in total. The minimum atomic E-state index is -0.625. The molecule has 124 valence electrons. The van der Waals surface area contributed by atoms with Crippen LogP contribution in [-0.2, 0) is 0 Å². The molecule has 0 saturated carbocycles. The topological polar surface area (TPSA) is 32.3 Å². The number of likely N-dealkylation sites (N-methyl/N-ethyl adjacent to an activating group) is 1. The normalized spacial score (nSPS) is 13.8. The number of benzene rings is 3. The van der Waals surface area contributed by atoms with E-state index in [1.807, 2.05) is 42.5 Å². The Hall–Kier alpha value is -2.30. The molecule has 0 aliphatic heterocycles. The van der Waals surface area contributed by atoms with Crippen molar-refractivity contribution in [3.8, 4) is 0 Å². The maximum atomic E-state index is 13.6. The van der Waals surface area contributed by atoms with E-state index in [0.717, 1.165) is 22.4 Å². The van der Waals surface area contributed by atoms with Gasteiger partial charge in [-0.3, -0.25) is 0 Å². The Balaban J connectivity index is 2.03. The molecule has 4 heteroatoms. The van der Waals surface area contributed by atoms with Crippen molar-refractivity contribution in [2.45, 2.75) is 12.0 Å². The second-order valence-electron chi connectivity index (χ2n) is 5.86. The van der Waals surface area contributed by atoms with Crippen molar-refractivity contribution >= 4 is 10.8 Å². The summed E-state index contributed by atoms with van der Waals surface area (Å²) >= 11 is 0. The third kappa shape index (κ3) is 3.30. The molecule has 0 aliphatic carbocycles. The van der Waals surface area contributed by atoms with Gasteiger partial charge in [-0.25, -0.2) is 8.78 Å². The van der Waals surface area contributed by atoms with Gasteiger partial charge in [0.1, 0.15) is 11.6 Å². The second-order valence-corrected chi connectivity index (χ2v) is 5.86. The quantitative estimate of drug-likeness (QED) is 0.738. The van der Waals surface area contributed by atoms with Gasteiger partial charge in [0.05, 0.1) is 6.61 Å². The summed E-state index contributed by atoms with van der Waals surface area (Å²) in [7, 11) is 1.72. The fraction of sp³-hybridized carbons (Fsp3) is 0.200. The summed E-state index contributed by atoms with van der Waals surface area (Å²) in [4.78, 5) is 0. The molecule has 0 spiro atoms. The van der Waals surface area contributed by atoms with Crippen molar-refractivity contribution < 1.29 is 13.9 Å². The van der Waals surface area contributed by atoms with Gasteiger partial charge in [0.15, 0.2) is 0 Å². The number of nitrogens with one attached hydrogen (secondary N) is 1. The summed E-state index contributed by atoms with van der Waals surface area (Å²) in [6.07, 6.45) is 0. The monoisotopic (exact) mass is 327 g/mol. The number of hydrogen-bond donors (Lipinski definition) is 2. The molecule has 3 rings (SSSR count). The fourth-order valence-corrected chi connectivity index (χ4v) is 3.20. The summed E-state index contributed by atoms with van der Waals surface area (Å²) < 4.78 is 27.1. The largest absolute Gasteiger partial charge is 0.396 e. The number of fused-ring (bicyclic) bond motifs is 1. The SMILES string of the molecule is CNC(c1cc(F)cc(F)c1)C(CO)c1ccc2ccccc2c1. The van der Waals surface area contributed by atoms with Crippen molar-refractivity contribution in [2.75, 3.05) is 13.7 Å². The molecule has 2 N–H and O–H groups in total. The molecule has 24 heavy (non-hydrogen) atoms. The van der Waals surface area contributed by atoms with E-state index in [2.05, 4.69) is 5.32 Å². The maximum absolute atomic E-state index is 13.6. The first-order chi connectivity index (χ1) is 11.6. The number of rotatable bonds is 5. The van der Waals surface area contributed by atoms with E-state index in [0.29, 0.717) is 5.56 Å². The highest BCUT2D eigenvalue weighted by atomic mass is 19.1. The van der Waals surface area contributed by atoms with E-state index in [1.165, 1.54) is 12.1 Å². The molecule has 3 aromatic rings. The lowest BCUT2D eigenvalue weighted by atomic mass is 9.86. The number of halogens is 2. The molecule has 0 amide bonds. The lowest BCUT2D eigenvalue weighted by Crippen LogP contribution is -2.26. The van der Waals surface area contributed by atoms with Crippen molar-refractivity contribution in [3.63, 3.8) is 0 Å². The van der Waals surface area contributed by atoms with Crippen molar-refractivity contribution in [3.05, 3.63) is 83.4 Å². The van der Waals surface area contributed by atoms with Crippen LogP contribution in [0.4, 0.5) is 8.78 Å². The first kappa shape index (κ1) is 16.6. The molecule has 2 unspecified atom stereocenters. The Bertz CT molecular complexity index is 830. The summed E-state index contributed by atoms with van der Waals surface area (Å²) in [6.45, 7) is -0.137. The highest BCUT2D eigenvalue weighted by molar-refractivity contribution is 5.83. The van der Waals surface area contributed by atoms with Gasteiger partial charge < -0.3 is 10.4 Å². The highest BCUT2D eigenvalue weighted by Gasteiger charge is 2.24. The van der Waals surface area contributed by atoms with Crippen LogP contribution in [0.1, 0.15) is 23.1 Å². The molecule has 0 radical (unpaired) electrons. The molecule has 0 aromatic heterocycles. The predicted molar refractivity (Wildman–Crippen MR) is 91.9 cm³/mol. The smallest absolute Gasteiger partial charge is 0.126 e. The van der Waals surface area contributed by atoms with Crippen LogP contribution >= 0.6 is 0 Å². The Labute approximate surface area is 139 Å². The molecule has 0 heterocycles. The molecular weight excluding hydrogens is 308 g/mol. The van der Waals surface area contributed by atoms with E-state index in [-0.39, 0.29) is 12.5 Å². The minimum absolute atomic E-state index is 0.137. The lowest BCUT2D eigenvalue weighted by Gasteiger charge is -2.26. The van der Waals surface area contributed by atoms with Gasteiger partial charge in [-0.2, -0.15) is 0 Å². The zero-order chi connectivity index (χ0) is 17.1. The van der Waals surface area contributed by atoms with Crippen LogP contribution in [0.25, 0.3) is 10.8 Å². The Kier molecular flexibility index (Phi) is 4.88. The molecule has 0 bridgehead atoms. The molecule has 3 aromatic carbocycles. The fourth-order valence-electron chi connectivity index (χ4n) is 3.20. The first-order valence-electron chi connectivity index (χ1n) is 7.85. The van der Waals surface area contributed by atoms with Gasteiger partial charge in [-0.15, -0.1) is 0 Å². The van der Waals surface area contributed by atoms with Gasteiger partial charge in [-0.05, 0) is 41.1 Å². The second kappa shape index (κ2) is 7.07. The van der Waals surface area contributed by atoms with E-state index in [9.17, 15) is 13.9 Å². The standard InChI is InChI=1S/C20H19F2NO/c1-23-20(16-9-17(21)11-18(22)10-16)19(12-24)15-7-6-13-4-2-3-5-14(13)8-15/h2-11,19-20,23-24H,12H2,1H3. The molecule has 0 fully saturated rings. The van der Waals surface area contributed by atoms with Gasteiger partial charge in [-0.1, -0.05) is 42.5 Å². The minimum Gasteiger partial charge on any atom is -0.396 e. The predicted octanol–water partition coefficient (Wildman–Crippen LogP) is 4.15. The highest BCUT2D eigenvalue weighted by Crippen LogP contribution is 2.32. The molecule has 0 aliphatic rings. The van der Waals surface area contributed by atoms with Crippen LogP contribution in [0, 0.1) is 11.6 Å². The van der Waals surface area contributed by atoms with Crippen molar-refractivity contribution in [2.24, 2.45) is 0 Å². The van der Waals surface area contributed by atoms with E-state index < -0.39 is 17.7 Å². The maximum Gasteiger partial charge on any atom is 0.126 e. The third-order valence-corrected chi connectivity index (χ3v) is 4.36. The van der Waals surface area contributed by atoms with Crippen LogP contribution in [0.15, 0.2) is 60.7 Å². The Morgan fingerprint density at radius 3 is 2.17 bits per heavy atom. The first-order valence-corrected chi connectivity index (χ1v) is 7.85. The number of aliphatic hydroxyl groups is 1. The zero-order valence-corrected chi connectivity index (χ0v) is 13.3. The number of hydrogen-bond acceptors (Lipinski definition) is 2. The molecule has 0 saturated heterocycles. The van der Waals surface area contributed by atoms with Crippen LogP contribution in [-0.4, -0.2) is 18.8 Å². The van der Waals surface area contributed by atoms with Gasteiger partial charge in [0.25, 0.3) is 0 Å². The van der Waals surface area contributed by atoms with Crippen LogP contribution in [0.2, 0.25) is 0 Å².